The molecule has 0 saturated carbocycles. The number of benzene rings is 1. The van der Waals surface area contributed by atoms with Crippen LogP contribution in [0.5, 0.6) is 5.75 Å². The van der Waals surface area contributed by atoms with Crippen LogP contribution in [0.15, 0.2) is 47.2 Å². The van der Waals surface area contributed by atoms with Crippen LogP contribution in [0.25, 0.3) is 0 Å². The molecule has 1 aromatic rings. The average molecular weight is 399 g/mol. The third-order valence-electron chi connectivity index (χ3n) is 5.23. The lowest BCUT2D eigenvalue weighted by atomic mass is 9.95. The Morgan fingerprint density at radius 3 is 2.62 bits per heavy atom. The van der Waals surface area contributed by atoms with Crippen LogP contribution in [0.1, 0.15) is 63.9 Å². The van der Waals surface area contributed by atoms with E-state index >= 15 is 0 Å². The van der Waals surface area contributed by atoms with Crippen molar-refractivity contribution in [2.75, 3.05) is 13.7 Å². The first-order valence-electron chi connectivity index (χ1n) is 10.7. The zero-order valence-electron chi connectivity index (χ0n) is 17.8. The van der Waals surface area contributed by atoms with Crippen molar-refractivity contribution in [3.63, 3.8) is 0 Å². The van der Waals surface area contributed by atoms with Gasteiger partial charge in [-0.05, 0) is 49.8 Å². The van der Waals surface area contributed by atoms with E-state index in [2.05, 4.69) is 17.6 Å². The summed E-state index contributed by atoms with van der Waals surface area (Å²) in [5.74, 6) is 0.364. The van der Waals surface area contributed by atoms with Gasteiger partial charge in [0.2, 0.25) is 0 Å². The van der Waals surface area contributed by atoms with Crippen LogP contribution >= 0.6 is 0 Å². The molecule has 158 valence electrons. The third-order valence-corrected chi connectivity index (χ3v) is 5.23. The second-order valence-electron chi connectivity index (χ2n) is 7.41. The molecule has 0 aromatic heterocycles. The molecule has 0 spiro atoms. The number of aldehydes is 1. The van der Waals surface area contributed by atoms with Gasteiger partial charge in [0.05, 0.1) is 12.7 Å². The summed E-state index contributed by atoms with van der Waals surface area (Å²) >= 11 is 0. The van der Waals surface area contributed by atoms with Gasteiger partial charge in [0.15, 0.2) is 6.29 Å². The van der Waals surface area contributed by atoms with Crippen LogP contribution in [0, 0.1) is 0 Å². The number of rotatable bonds is 10. The van der Waals surface area contributed by atoms with Crippen molar-refractivity contribution in [1.29, 1.82) is 0 Å². The van der Waals surface area contributed by atoms with Gasteiger partial charge in [-0.1, -0.05) is 44.4 Å². The van der Waals surface area contributed by atoms with E-state index in [-0.39, 0.29) is 11.5 Å². The zero-order chi connectivity index (χ0) is 20.9. The monoisotopic (exact) mass is 398 g/mol. The lowest BCUT2D eigenvalue weighted by molar-refractivity contribution is -0.119. The van der Waals surface area contributed by atoms with Crippen molar-refractivity contribution in [3.05, 3.63) is 52.7 Å². The first kappa shape index (κ1) is 22.7. The van der Waals surface area contributed by atoms with Crippen molar-refractivity contribution < 1.29 is 14.3 Å². The molecular weight excluding hydrogens is 364 g/mol. The number of unbranched alkanes of at least 4 members (excludes halogenated alkanes) is 1. The molecule has 0 bridgehead atoms. The third kappa shape index (κ3) is 7.41. The largest absolute Gasteiger partial charge is 0.496 e. The summed E-state index contributed by atoms with van der Waals surface area (Å²) in [4.78, 5) is 24.3. The van der Waals surface area contributed by atoms with Gasteiger partial charge >= 0.3 is 0 Å². The van der Waals surface area contributed by atoms with Crippen molar-refractivity contribution in [2.45, 2.75) is 64.8 Å². The van der Waals surface area contributed by atoms with Crippen molar-refractivity contribution in [2.24, 2.45) is 0 Å². The second-order valence-corrected chi connectivity index (χ2v) is 7.41. The van der Waals surface area contributed by atoms with E-state index in [9.17, 15) is 9.59 Å². The minimum absolute atomic E-state index is 0.172. The lowest BCUT2D eigenvalue weighted by Gasteiger charge is -2.19. The molecule has 2 N–H and O–H groups in total. The molecule has 1 aliphatic rings. The minimum atomic E-state index is -0.353. The normalized spacial score (nSPS) is 17.8. The topological polar surface area (TPSA) is 67.4 Å². The van der Waals surface area contributed by atoms with Crippen LogP contribution in [0.2, 0.25) is 0 Å². The number of nitrogens with one attached hydrogen (secondary N) is 2. The first-order chi connectivity index (χ1) is 14.2. The highest BCUT2D eigenvalue weighted by atomic mass is 16.5. The number of allylic oxidation sites excluding steroid dienone is 3. The molecule has 0 heterocycles. The number of para-hydroxylation sites is 1. The number of hydrogen-bond donors (Lipinski definition) is 2. The summed E-state index contributed by atoms with van der Waals surface area (Å²) in [6.45, 7) is 3.42. The first-order valence-corrected chi connectivity index (χ1v) is 10.7. The highest BCUT2D eigenvalue weighted by Crippen LogP contribution is 2.24. The molecule has 2 rings (SSSR count). The molecule has 1 aliphatic carbocycles. The molecule has 0 unspecified atom stereocenters. The SMILES string of the molecule is CCCCN/C1=C(\C=C(/C=O)C(=O)NCc2ccccc2OC)CCCCCC1. The summed E-state index contributed by atoms with van der Waals surface area (Å²) in [5, 5.41) is 6.40. The van der Waals surface area contributed by atoms with E-state index in [4.69, 9.17) is 4.74 Å². The van der Waals surface area contributed by atoms with Crippen LogP contribution in [0.3, 0.4) is 0 Å². The Kier molecular flexibility index (Phi) is 10.0. The summed E-state index contributed by atoms with van der Waals surface area (Å²) in [6, 6.07) is 7.53. The van der Waals surface area contributed by atoms with Crippen LogP contribution in [-0.4, -0.2) is 25.8 Å². The minimum Gasteiger partial charge on any atom is -0.496 e. The fourth-order valence-corrected chi connectivity index (χ4v) is 3.53. The van der Waals surface area contributed by atoms with Gasteiger partial charge in [0.1, 0.15) is 5.75 Å². The number of ether oxygens (including phenoxy) is 1. The van der Waals surface area contributed by atoms with Crippen molar-refractivity contribution in [3.8, 4) is 5.75 Å². The van der Waals surface area contributed by atoms with E-state index in [1.54, 1.807) is 13.2 Å². The molecule has 1 aromatic carbocycles. The van der Waals surface area contributed by atoms with Gasteiger partial charge < -0.3 is 15.4 Å². The molecule has 5 heteroatoms. The van der Waals surface area contributed by atoms with Gasteiger partial charge in [-0.3, -0.25) is 9.59 Å². The van der Waals surface area contributed by atoms with Crippen LogP contribution in [0.4, 0.5) is 0 Å². The highest BCUT2D eigenvalue weighted by molar-refractivity contribution is 6.10. The molecule has 0 saturated heterocycles. The maximum atomic E-state index is 12.6. The Bertz CT molecular complexity index is 737. The smallest absolute Gasteiger partial charge is 0.254 e. The number of methoxy groups -OCH3 is 1. The van der Waals surface area contributed by atoms with Gasteiger partial charge in [-0.25, -0.2) is 0 Å². The van der Waals surface area contributed by atoms with Gasteiger partial charge in [-0.15, -0.1) is 0 Å². The second kappa shape index (κ2) is 12.8. The molecular formula is C24H34N2O3. The maximum Gasteiger partial charge on any atom is 0.254 e. The average Bonchev–Trinajstić information content (AvgIpc) is 2.73. The highest BCUT2D eigenvalue weighted by Gasteiger charge is 2.14. The summed E-state index contributed by atoms with van der Waals surface area (Å²) in [7, 11) is 1.60. The van der Waals surface area contributed by atoms with Crippen LogP contribution < -0.4 is 15.4 Å². The molecule has 0 radical (unpaired) electrons. The zero-order valence-corrected chi connectivity index (χ0v) is 17.8. The maximum absolute atomic E-state index is 12.6. The van der Waals surface area contributed by atoms with Crippen molar-refractivity contribution in [1.82, 2.24) is 10.6 Å². The quantitative estimate of drug-likeness (QED) is 0.201. The fourth-order valence-electron chi connectivity index (χ4n) is 3.53. The number of carbonyl (C=O) groups excluding carboxylic acids is 2. The van der Waals surface area contributed by atoms with E-state index in [1.165, 1.54) is 18.5 Å². The van der Waals surface area contributed by atoms with Gasteiger partial charge in [0.25, 0.3) is 5.91 Å². The number of amides is 1. The molecule has 5 nitrogen and oxygen atoms in total. The predicted molar refractivity (Wildman–Crippen MR) is 117 cm³/mol. The fraction of sp³-hybridized carbons (Fsp3) is 0.500. The standard InChI is InChI=1S/C24H34N2O3/c1-3-4-15-25-22-13-8-6-5-7-11-19(22)16-21(18-27)24(28)26-17-20-12-9-10-14-23(20)29-2/h9-10,12,14,16,18,25H,3-8,11,13,15,17H2,1-2H3,(H,26,28)/b21-16+,22-19-. The van der Waals surface area contributed by atoms with E-state index in [0.29, 0.717) is 12.8 Å². The Labute approximate surface area is 174 Å². The molecule has 29 heavy (non-hydrogen) atoms. The molecule has 0 atom stereocenters. The molecule has 0 aliphatic heterocycles. The van der Waals surface area contributed by atoms with Gasteiger partial charge in [0, 0.05) is 24.4 Å². The van der Waals surface area contributed by atoms with E-state index in [1.807, 2.05) is 24.3 Å². The Morgan fingerprint density at radius 1 is 1.14 bits per heavy atom. The Hall–Kier alpha value is -2.56. The number of carbonyl (C=O) groups is 2. The van der Waals surface area contributed by atoms with Gasteiger partial charge in [-0.2, -0.15) is 0 Å². The molecule has 1 amide bonds. The Morgan fingerprint density at radius 2 is 1.90 bits per heavy atom. The van der Waals surface area contributed by atoms with E-state index < -0.39 is 0 Å². The lowest BCUT2D eigenvalue weighted by Crippen LogP contribution is -2.26. The Balaban J connectivity index is 2.15. The van der Waals surface area contributed by atoms with E-state index in [0.717, 1.165) is 62.0 Å². The summed E-state index contributed by atoms with van der Waals surface area (Å²) in [5.41, 5.74) is 3.33. The molecule has 0 fully saturated rings. The number of hydrogen-bond acceptors (Lipinski definition) is 4. The van der Waals surface area contributed by atoms with Crippen molar-refractivity contribution >= 4 is 12.2 Å². The predicted octanol–water partition coefficient (Wildman–Crippen LogP) is 4.43. The van der Waals surface area contributed by atoms with Crippen LogP contribution in [-0.2, 0) is 16.1 Å². The summed E-state index contributed by atoms with van der Waals surface area (Å²) in [6.07, 6.45) is 11.2. The summed E-state index contributed by atoms with van der Waals surface area (Å²) < 4.78 is 5.32.